The molecule has 6 heteroatoms. The molecule has 0 radical (unpaired) electrons. The summed E-state index contributed by atoms with van der Waals surface area (Å²) in [5, 5.41) is 12.0. The van der Waals surface area contributed by atoms with Crippen LogP contribution in [-0.2, 0) is 21.5 Å². The first-order valence-corrected chi connectivity index (χ1v) is 7.94. The van der Waals surface area contributed by atoms with Crippen LogP contribution in [0.5, 0.6) is 0 Å². The van der Waals surface area contributed by atoms with Gasteiger partial charge in [0.15, 0.2) is 5.54 Å². The number of hydrogen-bond donors (Lipinski definition) is 2. The van der Waals surface area contributed by atoms with Crippen LogP contribution in [0.15, 0.2) is 60.7 Å². The first kappa shape index (κ1) is 16.7. The summed E-state index contributed by atoms with van der Waals surface area (Å²) >= 11 is 0. The molecule has 1 heterocycles. The smallest absolute Gasteiger partial charge is 0.326 e. The van der Waals surface area contributed by atoms with Crippen molar-refractivity contribution in [2.75, 3.05) is 0 Å². The minimum absolute atomic E-state index is 0.241. The molecule has 3 amide bonds. The maximum Gasteiger partial charge on any atom is 0.326 e. The topological polar surface area (TPSA) is 86.7 Å². The molecule has 6 nitrogen and oxygen atoms in total. The van der Waals surface area contributed by atoms with Crippen molar-refractivity contribution in [3.05, 3.63) is 71.8 Å². The van der Waals surface area contributed by atoms with Gasteiger partial charge in [0, 0.05) is 6.42 Å². The predicted octanol–water partition coefficient (Wildman–Crippen LogP) is 2.15. The third-order valence-electron chi connectivity index (χ3n) is 4.45. The van der Waals surface area contributed by atoms with E-state index in [4.69, 9.17) is 0 Å². The molecule has 0 spiro atoms. The van der Waals surface area contributed by atoms with Crippen molar-refractivity contribution in [1.82, 2.24) is 10.2 Å². The molecule has 1 saturated heterocycles. The van der Waals surface area contributed by atoms with Crippen LogP contribution in [0.4, 0.5) is 4.79 Å². The van der Waals surface area contributed by atoms with E-state index in [2.05, 4.69) is 5.32 Å². The van der Waals surface area contributed by atoms with Gasteiger partial charge in [-0.15, -0.1) is 0 Å². The summed E-state index contributed by atoms with van der Waals surface area (Å²) in [7, 11) is 0. The van der Waals surface area contributed by atoms with E-state index in [9.17, 15) is 19.5 Å². The summed E-state index contributed by atoms with van der Waals surface area (Å²) in [5.74, 6) is -1.78. The van der Waals surface area contributed by atoms with Gasteiger partial charge in [-0.3, -0.25) is 4.79 Å². The molecule has 0 aliphatic carbocycles. The van der Waals surface area contributed by atoms with Gasteiger partial charge in [0.05, 0.1) is 0 Å². The Morgan fingerprint density at radius 2 is 1.64 bits per heavy atom. The lowest BCUT2D eigenvalue weighted by molar-refractivity contribution is -0.147. The van der Waals surface area contributed by atoms with E-state index in [1.165, 1.54) is 6.92 Å². The van der Waals surface area contributed by atoms with E-state index in [1.54, 1.807) is 24.3 Å². The van der Waals surface area contributed by atoms with Crippen molar-refractivity contribution in [3.8, 4) is 0 Å². The molecular formula is C19H18N2O4. The van der Waals surface area contributed by atoms with Crippen molar-refractivity contribution in [2.24, 2.45) is 0 Å². The lowest BCUT2D eigenvalue weighted by Crippen LogP contribution is -2.48. The number of imide groups is 1. The molecular weight excluding hydrogens is 320 g/mol. The van der Waals surface area contributed by atoms with Crippen molar-refractivity contribution < 1.29 is 19.5 Å². The maximum absolute atomic E-state index is 13.2. The summed E-state index contributed by atoms with van der Waals surface area (Å²) < 4.78 is 0. The summed E-state index contributed by atoms with van der Waals surface area (Å²) in [6, 6.07) is 16.3. The molecule has 3 rings (SSSR count). The number of rotatable bonds is 5. The number of hydrogen-bond acceptors (Lipinski definition) is 3. The molecule has 0 saturated carbocycles. The molecule has 2 atom stereocenters. The normalized spacial score (nSPS) is 21.1. The van der Waals surface area contributed by atoms with Gasteiger partial charge >= 0.3 is 12.0 Å². The van der Waals surface area contributed by atoms with Crippen LogP contribution >= 0.6 is 0 Å². The van der Waals surface area contributed by atoms with Crippen molar-refractivity contribution >= 4 is 17.9 Å². The number of aliphatic carboxylic acids is 1. The Morgan fingerprint density at radius 1 is 1.08 bits per heavy atom. The van der Waals surface area contributed by atoms with Gasteiger partial charge in [0.25, 0.3) is 5.91 Å². The molecule has 2 N–H and O–H groups in total. The average molecular weight is 338 g/mol. The Balaban J connectivity index is 2.08. The molecule has 2 unspecified atom stereocenters. The van der Waals surface area contributed by atoms with Crippen LogP contribution in [0.2, 0.25) is 0 Å². The van der Waals surface area contributed by atoms with E-state index in [0.29, 0.717) is 5.56 Å². The number of carboxylic acids is 1. The fourth-order valence-electron chi connectivity index (χ4n) is 3.10. The number of carboxylic acid groups (broad SMARTS) is 1. The molecule has 0 bridgehead atoms. The van der Waals surface area contributed by atoms with Gasteiger partial charge in [-0.05, 0) is 18.1 Å². The highest BCUT2D eigenvalue weighted by atomic mass is 16.4. The van der Waals surface area contributed by atoms with Gasteiger partial charge in [-0.1, -0.05) is 60.7 Å². The van der Waals surface area contributed by atoms with Crippen molar-refractivity contribution in [2.45, 2.75) is 24.9 Å². The number of urea groups is 1. The van der Waals surface area contributed by atoms with Crippen LogP contribution in [0.25, 0.3) is 0 Å². The Hall–Kier alpha value is -3.15. The van der Waals surface area contributed by atoms with E-state index >= 15 is 0 Å². The molecule has 2 aromatic carbocycles. The van der Waals surface area contributed by atoms with Crippen LogP contribution < -0.4 is 5.32 Å². The number of benzene rings is 2. The Kier molecular flexibility index (Phi) is 4.27. The van der Waals surface area contributed by atoms with Crippen molar-refractivity contribution in [3.63, 3.8) is 0 Å². The Labute approximate surface area is 145 Å². The van der Waals surface area contributed by atoms with Gasteiger partial charge in [0.1, 0.15) is 6.04 Å². The van der Waals surface area contributed by atoms with E-state index in [1.807, 2.05) is 36.4 Å². The summed E-state index contributed by atoms with van der Waals surface area (Å²) in [4.78, 5) is 37.7. The van der Waals surface area contributed by atoms with Gasteiger partial charge in [-0.25, -0.2) is 14.5 Å². The second-order valence-electron chi connectivity index (χ2n) is 6.05. The Bertz CT molecular complexity index is 807. The van der Waals surface area contributed by atoms with Crippen molar-refractivity contribution in [1.29, 1.82) is 0 Å². The van der Waals surface area contributed by atoms with Crippen LogP contribution in [0.3, 0.4) is 0 Å². The molecule has 0 aromatic heterocycles. The SMILES string of the molecule is CC(C(=O)O)N1C(=O)NC(Cc2ccccc2)(c2ccccc2)C1=O. The average Bonchev–Trinajstić information content (AvgIpc) is 2.87. The largest absolute Gasteiger partial charge is 0.480 e. The second kappa shape index (κ2) is 6.39. The van der Waals surface area contributed by atoms with E-state index < -0.39 is 29.5 Å². The minimum atomic E-state index is -1.32. The number of nitrogens with zero attached hydrogens (tertiary/aromatic N) is 1. The van der Waals surface area contributed by atoms with Crippen LogP contribution in [0.1, 0.15) is 18.1 Å². The van der Waals surface area contributed by atoms with Crippen LogP contribution in [-0.4, -0.2) is 34.0 Å². The zero-order chi connectivity index (χ0) is 18.0. The fourth-order valence-corrected chi connectivity index (χ4v) is 3.10. The second-order valence-corrected chi connectivity index (χ2v) is 6.05. The lowest BCUT2D eigenvalue weighted by atomic mass is 9.83. The number of nitrogens with one attached hydrogen (secondary N) is 1. The van der Waals surface area contributed by atoms with Crippen LogP contribution in [0, 0.1) is 0 Å². The quantitative estimate of drug-likeness (QED) is 0.818. The number of carbonyl (C=O) groups is 3. The highest BCUT2D eigenvalue weighted by molar-refractivity contribution is 6.09. The first-order valence-electron chi connectivity index (χ1n) is 7.94. The molecule has 2 aromatic rings. The summed E-state index contributed by atoms with van der Waals surface area (Å²) in [6.45, 7) is 1.32. The predicted molar refractivity (Wildman–Crippen MR) is 90.7 cm³/mol. The van der Waals surface area contributed by atoms with E-state index in [-0.39, 0.29) is 6.42 Å². The molecule has 1 aliphatic rings. The summed E-state index contributed by atoms with van der Waals surface area (Å²) in [6.07, 6.45) is 0.241. The highest BCUT2D eigenvalue weighted by Gasteiger charge is 2.54. The van der Waals surface area contributed by atoms with Gasteiger partial charge in [0.2, 0.25) is 0 Å². The number of carbonyl (C=O) groups excluding carboxylic acids is 2. The summed E-state index contributed by atoms with van der Waals surface area (Å²) in [5.41, 5.74) is 0.172. The van der Waals surface area contributed by atoms with Gasteiger partial charge in [-0.2, -0.15) is 0 Å². The molecule has 1 fully saturated rings. The zero-order valence-electron chi connectivity index (χ0n) is 13.7. The monoisotopic (exact) mass is 338 g/mol. The fraction of sp³-hybridized carbons (Fsp3) is 0.211. The Morgan fingerprint density at radius 3 is 2.20 bits per heavy atom. The third-order valence-corrected chi connectivity index (χ3v) is 4.45. The molecule has 128 valence electrons. The van der Waals surface area contributed by atoms with Gasteiger partial charge < -0.3 is 10.4 Å². The molecule has 1 aliphatic heterocycles. The highest BCUT2D eigenvalue weighted by Crippen LogP contribution is 2.33. The number of amides is 3. The van der Waals surface area contributed by atoms with E-state index in [0.717, 1.165) is 10.5 Å². The lowest BCUT2D eigenvalue weighted by Gasteiger charge is -2.28. The zero-order valence-corrected chi connectivity index (χ0v) is 13.7. The maximum atomic E-state index is 13.2. The third kappa shape index (κ3) is 2.87. The standard InChI is InChI=1S/C19H18N2O4/c1-13(16(22)23)21-17(24)19(20-18(21)25,15-10-6-3-7-11-15)12-14-8-4-2-5-9-14/h2-11,13H,12H2,1H3,(H,20,25)(H,22,23). The first-order chi connectivity index (χ1) is 12.0. The molecule has 25 heavy (non-hydrogen) atoms. The minimum Gasteiger partial charge on any atom is -0.480 e.